The largest absolute Gasteiger partial charge is 0.478 e. The molecule has 4 aromatic rings. The van der Waals surface area contributed by atoms with Crippen molar-refractivity contribution in [3.8, 4) is 0 Å². The van der Waals surface area contributed by atoms with E-state index in [0.717, 1.165) is 17.9 Å². The van der Waals surface area contributed by atoms with Gasteiger partial charge in [0.05, 0.1) is 28.1 Å². The highest BCUT2D eigenvalue weighted by Gasteiger charge is 2.32. The Labute approximate surface area is 254 Å². The minimum absolute atomic E-state index is 0.0272. The maximum absolute atomic E-state index is 13.2. The van der Waals surface area contributed by atoms with Crippen LogP contribution in [0, 0.1) is 6.92 Å². The van der Waals surface area contributed by atoms with E-state index >= 15 is 0 Å². The van der Waals surface area contributed by atoms with E-state index in [-0.39, 0.29) is 46.6 Å². The van der Waals surface area contributed by atoms with Crippen molar-refractivity contribution >= 4 is 67.7 Å². The summed E-state index contributed by atoms with van der Waals surface area (Å²) in [6, 6.07) is 8.42. The van der Waals surface area contributed by atoms with Gasteiger partial charge in [0.15, 0.2) is 9.84 Å². The predicted molar refractivity (Wildman–Crippen MR) is 154 cm³/mol. The van der Waals surface area contributed by atoms with Gasteiger partial charge in [-0.15, -0.1) is 0 Å². The number of hydrogen-bond donors (Lipinski definition) is 3. The van der Waals surface area contributed by atoms with Crippen LogP contribution < -0.4 is 10.6 Å². The number of carbonyl (C=O) groups is 4. The minimum atomic E-state index is -3.89. The molecular formula is C28H23Cl2N3O9S. The summed E-state index contributed by atoms with van der Waals surface area (Å²) in [4.78, 5) is 52.2. The summed E-state index contributed by atoms with van der Waals surface area (Å²) in [6.07, 6.45) is 1.73. The number of sulfone groups is 1. The zero-order valence-electron chi connectivity index (χ0n) is 22.6. The molecule has 224 valence electrons. The van der Waals surface area contributed by atoms with Gasteiger partial charge in [-0.25, -0.2) is 13.2 Å². The molecule has 2 aromatic heterocycles. The summed E-state index contributed by atoms with van der Waals surface area (Å²) < 4.78 is 34.6. The summed E-state index contributed by atoms with van der Waals surface area (Å²) in [5.41, 5.74) is 2.10. The van der Waals surface area contributed by atoms with E-state index in [4.69, 9.17) is 32.0 Å². The van der Waals surface area contributed by atoms with Crippen LogP contribution in [-0.4, -0.2) is 61.1 Å². The summed E-state index contributed by atoms with van der Waals surface area (Å²) >= 11 is 13.0. The maximum atomic E-state index is 13.2. The molecule has 0 spiro atoms. The van der Waals surface area contributed by atoms with Crippen LogP contribution in [0.1, 0.15) is 48.0 Å². The highest BCUT2D eigenvalue weighted by atomic mass is 35.5. The molecule has 1 atom stereocenters. The van der Waals surface area contributed by atoms with E-state index in [1.54, 1.807) is 29.2 Å². The zero-order chi connectivity index (χ0) is 31.2. The Morgan fingerprint density at radius 2 is 1.77 bits per heavy atom. The van der Waals surface area contributed by atoms with Crippen LogP contribution >= 0.6 is 23.2 Å². The van der Waals surface area contributed by atoms with Crippen LogP contribution in [0.25, 0.3) is 11.0 Å². The van der Waals surface area contributed by atoms with Gasteiger partial charge in [0.1, 0.15) is 10.5 Å². The number of aryl methyl sites for hydroxylation is 1. The minimum Gasteiger partial charge on any atom is -0.478 e. The molecule has 0 unspecified atom stereocenters. The summed E-state index contributed by atoms with van der Waals surface area (Å²) in [7, 11) is -3.89. The second-order valence-corrected chi connectivity index (χ2v) is 12.6. The predicted octanol–water partition coefficient (Wildman–Crippen LogP) is 3.81. The van der Waals surface area contributed by atoms with Gasteiger partial charge in [-0.1, -0.05) is 29.3 Å². The molecule has 5 rings (SSSR count). The standard InChI is InChI=1S/C28H23Cl2N3O9S/c1-13-12-42-22(23(13)43(2,39)40)26(35)32-24(28(37)38)31-25(34)20-18(29)9-16-11-33(7-5-17(16)21(20)30)27(36)15-4-3-14-6-8-41-19(14)10-15/h3-4,6,8-10,12,24H,5,7,11H2,1-2H3,(H,31,34)(H,32,35)(H,37,38)/t24-/m0/s1. The number of nitrogens with one attached hydrogen (secondary N) is 2. The fourth-order valence-corrected chi connectivity index (χ4v) is 6.79. The molecule has 3 N–H and O–H groups in total. The first-order valence-corrected chi connectivity index (χ1v) is 15.3. The van der Waals surface area contributed by atoms with Gasteiger partial charge in [0.25, 0.3) is 17.7 Å². The van der Waals surface area contributed by atoms with Gasteiger partial charge in [0, 0.05) is 35.9 Å². The van der Waals surface area contributed by atoms with Crippen LogP contribution in [0.5, 0.6) is 0 Å². The van der Waals surface area contributed by atoms with E-state index in [9.17, 15) is 32.7 Å². The third kappa shape index (κ3) is 5.83. The average Bonchev–Trinajstić information content (AvgIpc) is 3.57. The summed E-state index contributed by atoms with van der Waals surface area (Å²) in [5, 5.41) is 14.6. The van der Waals surface area contributed by atoms with Crippen LogP contribution in [0.15, 0.2) is 56.6 Å². The van der Waals surface area contributed by atoms with Gasteiger partial charge in [-0.05, 0) is 48.7 Å². The number of furan rings is 2. The lowest BCUT2D eigenvalue weighted by molar-refractivity contribution is -0.139. The Kier molecular flexibility index (Phi) is 7.99. The molecule has 15 heteroatoms. The number of aliphatic carboxylic acids is 1. The number of fused-ring (bicyclic) bond motifs is 2. The lowest BCUT2D eigenvalue weighted by Gasteiger charge is -2.30. The molecule has 0 bridgehead atoms. The highest BCUT2D eigenvalue weighted by molar-refractivity contribution is 7.90. The first kappa shape index (κ1) is 30.1. The number of carbonyl (C=O) groups excluding carboxylic acids is 3. The Morgan fingerprint density at radius 3 is 2.47 bits per heavy atom. The Morgan fingerprint density at radius 1 is 1.05 bits per heavy atom. The second-order valence-electron chi connectivity index (χ2n) is 9.90. The van der Waals surface area contributed by atoms with Crippen molar-refractivity contribution in [1.82, 2.24) is 15.5 Å². The van der Waals surface area contributed by atoms with Gasteiger partial charge in [-0.2, -0.15) is 0 Å². The monoisotopic (exact) mass is 647 g/mol. The zero-order valence-corrected chi connectivity index (χ0v) is 24.9. The van der Waals surface area contributed by atoms with Crippen LogP contribution in [-0.2, 0) is 27.6 Å². The number of benzene rings is 2. The first-order valence-electron chi connectivity index (χ1n) is 12.6. The van der Waals surface area contributed by atoms with Crippen molar-refractivity contribution in [2.24, 2.45) is 0 Å². The number of carboxylic acids is 1. The highest BCUT2D eigenvalue weighted by Crippen LogP contribution is 2.35. The Balaban J connectivity index is 1.34. The van der Waals surface area contributed by atoms with Crippen molar-refractivity contribution in [2.45, 2.75) is 31.0 Å². The van der Waals surface area contributed by atoms with Gasteiger partial charge in [0.2, 0.25) is 11.9 Å². The van der Waals surface area contributed by atoms with Crippen LogP contribution in [0.4, 0.5) is 0 Å². The fourth-order valence-electron chi connectivity index (χ4n) is 4.91. The number of hydrogen-bond acceptors (Lipinski definition) is 8. The van der Waals surface area contributed by atoms with Crippen LogP contribution in [0.2, 0.25) is 10.0 Å². The average molecular weight is 648 g/mol. The molecule has 43 heavy (non-hydrogen) atoms. The number of nitrogens with zero attached hydrogens (tertiary/aromatic N) is 1. The van der Waals surface area contributed by atoms with E-state index in [1.807, 2.05) is 5.32 Å². The lowest BCUT2D eigenvalue weighted by atomic mass is 9.96. The Hall–Kier alpha value is -4.33. The second kappa shape index (κ2) is 11.4. The summed E-state index contributed by atoms with van der Waals surface area (Å²) in [5.74, 6) is -4.70. The number of rotatable bonds is 7. The molecule has 2 aromatic carbocycles. The number of amides is 3. The smallest absolute Gasteiger partial charge is 0.347 e. The molecule has 0 aliphatic carbocycles. The Bertz CT molecular complexity index is 1930. The topological polar surface area (TPSA) is 176 Å². The van der Waals surface area contributed by atoms with E-state index in [2.05, 4.69) is 5.32 Å². The van der Waals surface area contributed by atoms with Crippen molar-refractivity contribution in [3.63, 3.8) is 0 Å². The normalized spacial score (nSPS) is 13.8. The molecule has 0 saturated heterocycles. The molecule has 3 amide bonds. The van der Waals surface area contributed by atoms with E-state index in [0.29, 0.717) is 22.3 Å². The van der Waals surface area contributed by atoms with Crippen LogP contribution in [0.3, 0.4) is 0 Å². The quantitative estimate of drug-likeness (QED) is 0.252. The van der Waals surface area contributed by atoms with Gasteiger partial charge >= 0.3 is 5.97 Å². The third-order valence-electron chi connectivity index (χ3n) is 6.91. The van der Waals surface area contributed by atoms with Crippen molar-refractivity contribution in [3.05, 3.63) is 86.5 Å². The molecule has 0 saturated carbocycles. The molecule has 0 radical (unpaired) electrons. The number of halogens is 2. The van der Waals surface area contributed by atoms with Crippen molar-refractivity contribution in [2.75, 3.05) is 12.8 Å². The summed E-state index contributed by atoms with van der Waals surface area (Å²) in [6.45, 7) is 1.84. The van der Waals surface area contributed by atoms with E-state index < -0.39 is 44.4 Å². The first-order chi connectivity index (χ1) is 20.3. The molecule has 0 fully saturated rings. The van der Waals surface area contributed by atoms with Gasteiger partial charge < -0.3 is 29.5 Å². The van der Waals surface area contributed by atoms with Crippen molar-refractivity contribution < 1.29 is 41.5 Å². The lowest BCUT2D eigenvalue weighted by Crippen LogP contribution is -2.53. The fraction of sp³-hybridized carbons (Fsp3) is 0.214. The van der Waals surface area contributed by atoms with Gasteiger partial charge in [-0.3, -0.25) is 14.4 Å². The SMILES string of the molecule is Cc1coc(C(=O)N[C@H](NC(=O)c2c(Cl)cc3c(c2Cl)CCN(C(=O)c2ccc4ccoc4c2)C3)C(=O)O)c1S(C)(=O)=O. The molecule has 1 aliphatic heterocycles. The number of carboxylic acid groups (broad SMARTS) is 1. The van der Waals surface area contributed by atoms with E-state index in [1.165, 1.54) is 19.3 Å². The molecule has 3 heterocycles. The maximum Gasteiger partial charge on any atom is 0.347 e. The van der Waals surface area contributed by atoms with Crippen molar-refractivity contribution in [1.29, 1.82) is 0 Å². The third-order valence-corrected chi connectivity index (χ3v) is 8.88. The molecular weight excluding hydrogens is 625 g/mol. The molecule has 12 nitrogen and oxygen atoms in total. The molecule has 1 aliphatic rings.